The van der Waals surface area contributed by atoms with Crippen LogP contribution in [-0.2, 0) is 6.42 Å². The van der Waals surface area contributed by atoms with Gasteiger partial charge in [-0.3, -0.25) is 0 Å². The zero-order valence-electron chi connectivity index (χ0n) is 9.59. The largest absolute Gasteiger partial charge is 0.307 e. The molecule has 2 unspecified atom stereocenters. The molecule has 15 heavy (non-hydrogen) atoms. The maximum Gasteiger partial charge on any atom is 0.0353 e. The zero-order valence-corrected chi connectivity index (χ0v) is 9.59. The molecule has 0 bridgehead atoms. The van der Waals surface area contributed by atoms with Crippen LogP contribution < -0.4 is 5.32 Å². The summed E-state index contributed by atoms with van der Waals surface area (Å²) < 4.78 is 0. The van der Waals surface area contributed by atoms with E-state index in [-0.39, 0.29) is 0 Å². The molecule has 0 radical (unpaired) electrons. The fourth-order valence-electron chi connectivity index (χ4n) is 2.79. The molecule has 1 heteroatoms. The normalized spacial score (nSPS) is 30.0. The molecule has 0 spiro atoms. The van der Waals surface area contributed by atoms with Gasteiger partial charge in [0.2, 0.25) is 0 Å². The summed E-state index contributed by atoms with van der Waals surface area (Å²) in [4.78, 5) is 0. The summed E-state index contributed by atoms with van der Waals surface area (Å²) >= 11 is 0. The molecule has 1 fully saturated rings. The van der Waals surface area contributed by atoms with Crippen LogP contribution in [0.2, 0.25) is 0 Å². The SMILES string of the molecule is Cc1ccc2c(c1)C(C1CC1)NC(C)C2. The van der Waals surface area contributed by atoms with Crippen LogP contribution in [0.15, 0.2) is 18.2 Å². The van der Waals surface area contributed by atoms with Gasteiger partial charge in [0.05, 0.1) is 0 Å². The van der Waals surface area contributed by atoms with E-state index < -0.39 is 0 Å². The van der Waals surface area contributed by atoms with Crippen molar-refractivity contribution in [2.45, 2.75) is 45.2 Å². The Morgan fingerprint density at radius 1 is 1.27 bits per heavy atom. The van der Waals surface area contributed by atoms with Gasteiger partial charge in [-0.1, -0.05) is 23.8 Å². The second-order valence-corrected chi connectivity index (χ2v) is 5.29. The van der Waals surface area contributed by atoms with Crippen LogP contribution in [0.25, 0.3) is 0 Å². The first-order chi connectivity index (χ1) is 7.24. The summed E-state index contributed by atoms with van der Waals surface area (Å²) in [6, 6.07) is 8.25. The van der Waals surface area contributed by atoms with Crippen LogP contribution in [0, 0.1) is 12.8 Å². The van der Waals surface area contributed by atoms with Crippen molar-refractivity contribution in [2.24, 2.45) is 5.92 Å². The van der Waals surface area contributed by atoms with Gasteiger partial charge in [0.25, 0.3) is 0 Å². The minimum atomic E-state index is 0.642. The van der Waals surface area contributed by atoms with E-state index in [1.54, 1.807) is 11.1 Å². The molecular weight excluding hydrogens is 182 g/mol. The molecule has 2 atom stereocenters. The molecule has 1 aromatic rings. The van der Waals surface area contributed by atoms with Crippen molar-refractivity contribution in [1.29, 1.82) is 0 Å². The third kappa shape index (κ3) is 1.69. The Morgan fingerprint density at radius 3 is 2.80 bits per heavy atom. The van der Waals surface area contributed by atoms with Crippen molar-refractivity contribution in [3.8, 4) is 0 Å². The summed E-state index contributed by atoms with van der Waals surface area (Å²) in [5.41, 5.74) is 4.55. The molecule has 1 N–H and O–H groups in total. The lowest BCUT2D eigenvalue weighted by Gasteiger charge is -2.32. The van der Waals surface area contributed by atoms with Crippen molar-refractivity contribution in [3.05, 3.63) is 34.9 Å². The van der Waals surface area contributed by atoms with Gasteiger partial charge in [0.15, 0.2) is 0 Å². The minimum Gasteiger partial charge on any atom is -0.307 e. The molecule has 2 aliphatic rings. The number of hydrogen-bond donors (Lipinski definition) is 1. The molecule has 1 saturated carbocycles. The number of benzene rings is 1. The molecule has 0 saturated heterocycles. The molecule has 1 aliphatic heterocycles. The summed E-state index contributed by atoms with van der Waals surface area (Å²) in [5, 5.41) is 3.76. The highest BCUT2D eigenvalue weighted by atomic mass is 15.0. The highest BCUT2D eigenvalue weighted by molar-refractivity contribution is 5.37. The van der Waals surface area contributed by atoms with Crippen LogP contribution >= 0.6 is 0 Å². The van der Waals surface area contributed by atoms with Gasteiger partial charge in [0.1, 0.15) is 0 Å². The Kier molecular flexibility index (Phi) is 2.10. The summed E-state index contributed by atoms with van der Waals surface area (Å²) in [7, 11) is 0. The Bertz CT molecular complexity index is 379. The predicted molar refractivity (Wildman–Crippen MR) is 62.9 cm³/mol. The third-order valence-corrected chi connectivity index (χ3v) is 3.72. The standard InChI is InChI=1S/C14H19N/c1-9-3-4-12-8-10(2)15-14(11-5-6-11)13(12)7-9/h3-4,7,10-11,14-15H,5-6,8H2,1-2H3. The lowest BCUT2D eigenvalue weighted by atomic mass is 9.87. The Labute approximate surface area is 91.9 Å². The number of rotatable bonds is 1. The number of fused-ring (bicyclic) bond motifs is 1. The fraction of sp³-hybridized carbons (Fsp3) is 0.571. The van der Waals surface area contributed by atoms with Crippen molar-refractivity contribution in [1.82, 2.24) is 5.32 Å². The van der Waals surface area contributed by atoms with Crippen molar-refractivity contribution >= 4 is 0 Å². The van der Waals surface area contributed by atoms with Crippen LogP contribution in [0.5, 0.6) is 0 Å². The maximum absolute atomic E-state index is 3.76. The topological polar surface area (TPSA) is 12.0 Å². The summed E-state index contributed by atoms with van der Waals surface area (Å²) in [6.45, 7) is 4.50. The Balaban J connectivity index is 2.02. The number of hydrogen-bond acceptors (Lipinski definition) is 1. The molecule has 1 aromatic carbocycles. The van der Waals surface area contributed by atoms with Crippen LogP contribution in [-0.4, -0.2) is 6.04 Å². The Hall–Kier alpha value is -0.820. The van der Waals surface area contributed by atoms with Gasteiger partial charge < -0.3 is 5.32 Å². The lowest BCUT2D eigenvalue weighted by molar-refractivity contribution is 0.390. The Morgan fingerprint density at radius 2 is 2.07 bits per heavy atom. The molecule has 3 rings (SSSR count). The van der Waals surface area contributed by atoms with Gasteiger partial charge in [-0.15, -0.1) is 0 Å². The van der Waals surface area contributed by atoms with Crippen molar-refractivity contribution in [3.63, 3.8) is 0 Å². The monoisotopic (exact) mass is 201 g/mol. The number of nitrogens with one attached hydrogen (secondary N) is 1. The van der Waals surface area contributed by atoms with E-state index in [0.29, 0.717) is 12.1 Å². The fourth-order valence-corrected chi connectivity index (χ4v) is 2.79. The zero-order chi connectivity index (χ0) is 10.4. The van der Waals surface area contributed by atoms with Gasteiger partial charge in [-0.2, -0.15) is 0 Å². The van der Waals surface area contributed by atoms with Gasteiger partial charge in [-0.05, 0) is 50.2 Å². The first kappa shape index (κ1) is 9.41. The summed E-state index contributed by atoms with van der Waals surface area (Å²) in [6.07, 6.45) is 4.02. The maximum atomic E-state index is 3.76. The van der Waals surface area contributed by atoms with Crippen molar-refractivity contribution < 1.29 is 0 Å². The van der Waals surface area contributed by atoms with Crippen LogP contribution in [0.1, 0.15) is 42.5 Å². The third-order valence-electron chi connectivity index (χ3n) is 3.72. The van der Waals surface area contributed by atoms with Gasteiger partial charge >= 0.3 is 0 Å². The van der Waals surface area contributed by atoms with E-state index in [2.05, 4.69) is 37.4 Å². The highest BCUT2D eigenvalue weighted by Crippen LogP contribution is 2.44. The summed E-state index contributed by atoms with van der Waals surface area (Å²) in [5.74, 6) is 0.910. The average Bonchev–Trinajstić information content (AvgIpc) is 3.01. The van der Waals surface area contributed by atoms with Crippen molar-refractivity contribution in [2.75, 3.05) is 0 Å². The van der Waals surface area contributed by atoms with E-state index >= 15 is 0 Å². The van der Waals surface area contributed by atoms with Crippen LogP contribution in [0.4, 0.5) is 0 Å². The lowest BCUT2D eigenvalue weighted by Crippen LogP contribution is -2.38. The molecule has 0 amide bonds. The molecular formula is C14H19N. The van der Waals surface area contributed by atoms with E-state index in [4.69, 9.17) is 0 Å². The minimum absolute atomic E-state index is 0.642. The molecule has 1 aliphatic carbocycles. The smallest absolute Gasteiger partial charge is 0.0353 e. The second kappa shape index (κ2) is 3.34. The van der Waals surface area contributed by atoms with E-state index in [9.17, 15) is 0 Å². The molecule has 80 valence electrons. The van der Waals surface area contributed by atoms with E-state index in [1.165, 1.54) is 24.8 Å². The average molecular weight is 201 g/mol. The molecule has 1 heterocycles. The van der Waals surface area contributed by atoms with E-state index in [1.807, 2.05) is 0 Å². The first-order valence-corrected chi connectivity index (χ1v) is 6.09. The molecule has 1 nitrogen and oxygen atoms in total. The number of aryl methyl sites for hydroxylation is 1. The first-order valence-electron chi connectivity index (χ1n) is 6.09. The molecule has 0 aromatic heterocycles. The van der Waals surface area contributed by atoms with Gasteiger partial charge in [-0.25, -0.2) is 0 Å². The predicted octanol–water partition coefficient (Wildman–Crippen LogP) is 2.98. The quantitative estimate of drug-likeness (QED) is 0.736. The van der Waals surface area contributed by atoms with Crippen LogP contribution in [0.3, 0.4) is 0 Å². The second-order valence-electron chi connectivity index (χ2n) is 5.29. The highest BCUT2D eigenvalue weighted by Gasteiger charge is 2.36. The van der Waals surface area contributed by atoms with Gasteiger partial charge in [0, 0.05) is 12.1 Å². The van der Waals surface area contributed by atoms with E-state index in [0.717, 1.165) is 5.92 Å².